The van der Waals surface area contributed by atoms with E-state index in [0.29, 0.717) is 27.0 Å². The highest BCUT2D eigenvalue weighted by molar-refractivity contribution is 6.47. The third kappa shape index (κ3) is 2.94. The summed E-state index contributed by atoms with van der Waals surface area (Å²) in [5.41, 5.74) is 7.40. The van der Waals surface area contributed by atoms with Crippen LogP contribution in [0.3, 0.4) is 0 Å². The SMILES string of the molecule is Cc1cc(CCC(N)=O)nc2c(Cl)cc(Cl)c(Cl)c12. The number of carbonyl (C=O) groups is 1. The molecule has 2 N–H and O–H groups in total. The van der Waals surface area contributed by atoms with Gasteiger partial charge in [0, 0.05) is 17.5 Å². The third-order valence-electron chi connectivity index (χ3n) is 2.81. The maximum absolute atomic E-state index is 10.8. The molecule has 1 aromatic heterocycles. The number of amides is 1. The molecule has 1 heterocycles. The summed E-state index contributed by atoms with van der Waals surface area (Å²) in [6.07, 6.45) is 0.722. The van der Waals surface area contributed by atoms with E-state index in [1.807, 2.05) is 13.0 Å². The Morgan fingerprint density at radius 3 is 2.58 bits per heavy atom. The molecular formula is C13H11Cl3N2O. The van der Waals surface area contributed by atoms with Crippen LogP contribution in [0.5, 0.6) is 0 Å². The summed E-state index contributed by atoms with van der Waals surface area (Å²) in [5.74, 6) is -0.361. The van der Waals surface area contributed by atoms with Crippen LogP contribution in [0.25, 0.3) is 10.9 Å². The first-order valence-electron chi connectivity index (χ1n) is 5.62. The standard InChI is InChI=1S/C13H11Cl3N2O/c1-6-4-7(2-3-10(17)19)18-13-9(15)5-8(14)12(16)11(6)13/h4-5H,2-3H2,1H3,(H2,17,19). The number of halogens is 3. The van der Waals surface area contributed by atoms with Crippen molar-refractivity contribution in [2.45, 2.75) is 19.8 Å². The molecule has 0 bridgehead atoms. The normalized spacial score (nSPS) is 10.9. The number of benzene rings is 1. The first-order valence-corrected chi connectivity index (χ1v) is 6.75. The topological polar surface area (TPSA) is 56.0 Å². The Bertz CT molecular complexity index is 671. The molecule has 0 saturated carbocycles. The average molecular weight is 318 g/mol. The van der Waals surface area contributed by atoms with Crippen molar-refractivity contribution < 1.29 is 4.79 Å². The Kier molecular flexibility index (Phi) is 4.19. The third-order valence-corrected chi connectivity index (χ3v) is 3.88. The number of aryl methyl sites for hydroxylation is 2. The van der Waals surface area contributed by atoms with Crippen molar-refractivity contribution in [3.05, 3.63) is 38.5 Å². The van der Waals surface area contributed by atoms with Crippen molar-refractivity contribution in [3.8, 4) is 0 Å². The van der Waals surface area contributed by atoms with Gasteiger partial charge in [0.2, 0.25) is 5.91 Å². The predicted octanol–water partition coefficient (Wildman–Crippen LogP) is 3.92. The fraction of sp³-hybridized carbons (Fsp3) is 0.231. The molecule has 19 heavy (non-hydrogen) atoms. The van der Waals surface area contributed by atoms with Gasteiger partial charge < -0.3 is 5.73 Å². The summed E-state index contributed by atoms with van der Waals surface area (Å²) >= 11 is 18.3. The molecule has 2 rings (SSSR count). The van der Waals surface area contributed by atoms with Gasteiger partial charge in [0.1, 0.15) is 0 Å². The molecule has 0 radical (unpaired) electrons. The minimum absolute atomic E-state index is 0.247. The number of hydrogen-bond donors (Lipinski definition) is 1. The van der Waals surface area contributed by atoms with Crippen LogP contribution < -0.4 is 5.73 Å². The van der Waals surface area contributed by atoms with E-state index in [0.717, 1.165) is 16.6 Å². The van der Waals surface area contributed by atoms with Crippen LogP contribution >= 0.6 is 34.8 Å². The van der Waals surface area contributed by atoms with Crippen LogP contribution in [-0.4, -0.2) is 10.9 Å². The van der Waals surface area contributed by atoms with Gasteiger partial charge in [-0.1, -0.05) is 34.8 Å². The first kappa shape index (κ1) is 14.4. The number of fused-ring (bicyclic) bond motifs is 1. The molecule has 1 amide bonds. The van der Waals surface area contributed by atoms with Gasteiger partial charge in [-0.05, 0) is 31.0 Å². The van der Waals surface area contributed by atoms with Gasteiger partial charge in [0.05, 0.1) is 20.6 Å². The number of pyridine rings is 1. The summed E-state index contributed by atoms with van der Waals surface area (Å²) < 4.78 is 0. The van der Waals surface area contributed by atoms with Crippen LogP contribution in [0.4, 0.5) is 0 Å². The molecule has 0 saturated heterocycles. The Morgan fingerprint density at radius 1 is 1.26 bits per heavy atom. The fourth-order valence-corrected chi connectivity index (χ4v) is 2.73. The summed E-state index contributed by atoms with van der Waals surface area (Å²) in [4.78, 5) is 15.2. The summed E-state index contributed by atoms with van der Waals surface area (Å²) in [6.45, 7) is 1.90. The second kappa shape index (κ2) is 5.53. The van der Waals surface area contributed by atoms with E-state index in [-0.39, 0.29) is 12.3 Å². The van der Waals surface area contributed by atoms with Crippen LogP contribution in [0.2, 0.25) is 15.1 Å². The van der Waals surface area contributed by atoms with Crippen LogP contribution in [0.15, 0.2) is 12.1 Å². The highest BCUT2D eigenvalue weighted by Crippen LogP contribution is 2.37. The molecule has 0 atom stereocenters. The number of nitrogens with zero attached hydrogens (tertiary/aromatic N) is 1. The van der Waals surface area contributed by atoms with Gasteiger partial charge in [-0.25, -0.2) is 0 Å². The lowest BCUT2D eigenvalue weighted by Crippen LogP contribution is -2.11. The number of nitrogens with two attached hydrogens (primary N) is 1. The molecule has 0 fully saturated rings. The lowest BCUT2D eigenvalue weighted by Gasteiger charge is -2.10. The van der Waals surface area contributed by atoms with Crippen molar-refractivity contribution in [2.75, 3.05) is 0 Å². The molecule has 0 aliphatic rings. The molecule has 0 aliphatic carbocycles. The van der Waals surface area contributed by atoms with Gasteiger partial charge >= 0.3 is 0 Å². The van der Waals surface area contributed by atoms with Crippen molar-refractivity contribution >= 4 is 51.6 Å². The van der Waals surface area contributed by atoms with Gasteiger partial charge in [-0.2, -0.15) is 0 Å². The van der Waals surface area contributed by atoms with Crippen molar-refractivity contribution in [1.82, 2.24) is 4.98 Å². The average Bonchev–Trinajstić information content (AvgIpc) is 2.33. The maximum atomic E-state index is 10.8. The maximum Gasteiger partial charge on any atom is 0.217 e. The molecule has 3 nitrogen and oxygen atoms in total. The number of carbonyl (C=O) groups excluding carboxylic acids is 1. The number of hydrogen-bond acceptors (Lipinski definition) is 2. The lowest BCUT2D eigenvalue weighted by atomic mass is 10.1. The second-order valence-corrected chi connectivity index (χ2v) is 5.47. The minimum atomic E-state index is -0.361. The lowest BCUT2D eigenvalue weighted by molar-refractivity contribution is -0.118. The fourth-order valence-electron chi connectivity index (χ4n) is 1.93. The monoisotopic (exact) mass is 316 g/mol. The molecule has 1 aromatic carbocycles. The van der Waals surface area contributed by atoms with E-state index < -0.39 is 0 Å². The zero-order chi connectivity index (χ0) is 14.2. The number of aromatic nitrogens is 1. The minimum Gasteiger partial charge on any atom is -0.370 e. The summed E-state index contributed by atoms with van der Waals surface area (Å²) in [5, 5.41) is 2.01. The number of rotatable bonds is 3. The Labute approximate surface area is 125 Å². The summed E-state index contributed by atoms with van der Waals surface area (Å²) in [7, 11) is 0. The van der Waals surface area contributed by atoms with Gasteiger partial charge in [0.15, 0.2) is 0 Å². The van der Waals surface area contributed by atoms with E-state index in [4.69, 9.17) is 40.5 Å². The van der Waals surface area contributed by atoms with Crippen molar-refractivity contribution in [3.63, 3.8) is 0 Å². The van der Waals surface area contributed by atoms with Crippen LogP contribution in [0.1, 0.15) is 17.7 Å². The molecule has 0 unspecified atom stereocenters. The Hall–Kier alpha value is -1.03. The quantitative estimate of drug-likeness (QED) is 0.872. The van der Waals surface area contributed by atoms with Crippen molar-refractivity contribution in [1.29, 1.82) is 0 Å². The predicted molar refractivity (Wildman–Crippen MR) is 79.0 cm³/mol. The molecular weight excluding hydrogens is 307 g/mol. The first-order chi connectivity index (χ1) is 8.90. The smallest absolute Gasteiger partial charge is 0.217 e. The number of primary amides is 1. The highest BCUT2D eigenvalue weighted by Gasteiger charge is 2.13. The molecule has 100 valence electrons. The van der Waals surface area contributed by atoms with E-state index in [9.17, 15) is 4.79 Å². The van der Waals surface area contributed by atoms with E-state index in [2.05, 4.69) is 4.98 Å². The van der Waals surface area contributed by atoms with Gasteiger partial charge in [0.25, 0.3) is 0 Å². The van der Waals surface area contributed by atoms with Gasteiger partial charge in [-0.15, -0.1) is 0 Å². The van der Waals surface area contributed by atoms with E-state index in [1.165, 1.54) is 0 Å². The van der Waals surface area contributed by atoms with E-state index >= 15 is 0 Å². The van der Waals surface area contributed by atoms with Crippen LogP contribution in [-0.2, 0) is 11.2 Å². The summed E-state index contributed by atoms with van der Waals surface area (Å²) in [6, 6.07) is 3.43. The highest BCUT2D eigenvalue weighted by atomic mass is 35.5. The second-order valence-electron chi connectivity index (χ2n) is 4.27. The largest absolute Gasteiger partial charge is 0.370 e. The zero-order valence-corrected chi connectivity index (χ0v) is 12.4. The zero-order valence-electron chi connectivity index (χ0n) is 10.1. The van der Waals surface area contributed by atoms with Crippen LogP contribution in [0, 0.1) is 6.92 Å². The molecule has 0 spiro atoms. The van der Waals surface area contributed by atoms with E-state index in [1.54, 1.807) is 6.07 Å². The Balaban J connectivity index is 2.60. The molecule has 0 aliphatic heterocycles. The Morgan fingerprint density at radius 2 is 1.95 bits per heavy atom. The van der Waals surface area contributed by atoms with Gasteiger partial charge in [-0.3, -0.25) is 9.78 Å². The van der Waals surface area contributed by atoms with Crippen molar-refractivity contribution in [2.24, 2.45) is 5.73 Å². The molecule has 6 heteroatoms. The molecule has 2 aromatic rings.